The van der Waals surface area contributed by atoms with Gasteiger partial charge in [-0.3, -0.25) is 4.79 Å². The van der Waals surface area contributed by atoms with Crippen LogP contribution in [0.3, 0.4) is 0 Å². The summed E-state index contributed by atoms with van der Waals surface area (Å²) in [6.07, 6.45) is 2.42. The van der Waals surface area contributed by atoms with Gasteiger partial charge in [0.05, 0.1) is 0 Å². The molecular weight excluding hydrogens is 304 g/mol. The highest BCUT2D eigenvalue weighted by Crippen LogP contribution is 2.24. The van der Waals surface area contributed by atoms with E-state index in [4.69, 9.17) is 0 Å². The molecule has 0 spiro atoms. The van der Waals surface area contributed by atoms with Gasteiger partial charge in [0.1, 0.15) is 0 Å². The number of carbonyl (C=O) groups is 2. The lowest BCUT2D eigenvalue weighted by molar-refractivity contribution is -0.132. The Morgan fingerprint density at radius 2 is 1.92 bits per heavy atom. The van der Waals surface area contributed by atoms with Crippen molar-refractivity contribution >= 4 is 23.3 Å². The molecule has 3 rings (SSSR count). The maximum atomic E-state index is 12.1. The van der Waals surface area contributed by atoms with Gasteiger partial charge < -0.3 is 20.4 Å². The van der Waals surface area contributed by atoms with Gasteiger partial charge in [0.2, 0.25) is 5.91 Å². The smallest absolute Gasteiger partial charge is 0.319 e. The molecular formula is C18H26N4O2. The Morgan fingerprint density at radius 3 is 2.54 bits per heavy atom. The fourth-order valence-corrected chi connectivity index (χ4v) is 3.41. The van der Waals surface area contributed by atoms with Crippen LogP contribution in [0.25, 0.3) is 0 Å². The third kappa shape index (κ3) is 3.99. The summed E-state index contributed by atoms with van der Waals surface area (Å²) in [6.45, 7) is 5.04. The average molecular weight is 330 g/mol. The van der Waals surface area contributed by atoms with E-state index in [1.165, 1.54) is 12.1 Å². The quantitative estimate of drug-likeness (QED) is 0.893. The van der Waals surface area contributed by atoms with E-state index < -0.39 is 0 Å². The van der Waals surface area contributed by atoms with Crippen molar-refractivity contribution in [3.63, 3.8) is 0 Å². The van der Waals surface area contributed by atoms with E-state index in [-0.39, 0.29) is 18.0 Å². The zero-order chi connectivity index (χ0) is 17.1. The number of urea groups is 1. The van der Waals surface area contributed by atoms with Crippen molar-refractivity contribution in [2.45, 2.75) is 32.2 Å². The number of likely N-dealkylation sites (N-methyl/N-ethyl adjacent to an activating group) is 1. The predicted octanol–water partition coefficient (Wildman–Crippen LogP) is 2.28. The van der Waals surface area contributed by atoms with Crippen LogP contribution < -0.4 is 15.5 Å². The average Bonchev–Trinajstić information content (AvgIpc) is 2.98. The molecule has 2 saturated heterocycles. The summed E-state index contributed by atoms with van der Waals surface area (Å²) in [5.41, 5.74) is 1.99. The number of carbonyl (C=O) groups excluding carboxylic acids is 2. The molecule has 2 heterocycles. The molecule has 2 aliphatic rings. The van der Waals surface area contributed by atoms with Crippen LogP contribution in [0.4, 0.5) is 16.2 Å². The first kappa shape index (κ1) is 16.6. The van der Waals surface area contributed by atoms with Gasteiger partial charge >= 0.3 is 6.03 Å². The third-order valence-corrected chi connectivity index (χ3v) is 4.88. The fraction of sp³-hybridized carbons (Fsp3) is 0.556. The number of amides is 3. The van der Waals surface area contributed by atoms with Gasteiger partial charge in [-0.1, -0.05) is 6.92 Å². The Balaban J connectivity index is 1.50. The van der Waals surface area contributed by atoms with Crippen molar-refractivity contribution in [1.29, 1.82) is 0 Å². The van der Waals surface area contributed by atoms with Crippen LogP contribution in [0.2, 0.25) is 0 Å². The van der Waals surface area contributed by atoms with Crippen molar-refractivity contribution in [2.24, 2.45) is 5.92 Å². The largest absolute Gasteiger partial charge is 0.371 e. The van der Waals surface area contributed by atoms with E-state index in [1.807, 2.05) is 12.1 Å². The third-order valence-electron chi connectivity index (χ3n) is 4.88. The van der Waals surface area contributed by atoms with Crippen LogP contribution in [-0.4, -0.2) is 49.6 Å². The highest BCUT2D eigenvalue weighted by Gasteiger charge is 2.24. The minimum atomic E-state index is -0.217. The number of benzene rings is 1. The molecule has 1 aromatic rings. The molecule has 3 amide bonds. The van der Waals surface area contributed by atoms with E-state index in [0.29, 0.717) is 19.4 Å². The maximum Gasteiger partial charge on any atom is 0.319 e. The molecule has 0 aliphatic carbocycles. The lowest BCUT2D eigenvalue weighted by atomic mass is 10.1. The van der Waals surface area contributed by atoms with Gasteiger partial charge in [0.25, 0.3) is 0 Å². The normalized spacial score (nSPS) is 24.2. The van der Waals surface area contributed by atoms with Crippen LogP contribution in [0.15, 0.2) is 24.3 Å². The Hall–Kier alpha value is -2.24. The first-order chi connectivity index (χ1) is 11.5. The number of hydrogen-bond acceptors (Lipinski definition) is 3. The summed E-state index contributed by atoms with van der Waals surface area (Å²) in [4.78, 5) is 27.6. The molecule has 2 fully saturated rings. The second-order valence-electron chi connectivity index (χ2n) is 7.00. The van der Waals surface area contributed by atoms with Crippen LogP contribution in [0, 0.1) is 5.92 Å². The monoisotopic (exact) mass is 330 g/mol. The van der Waals surface area contributed by atoms with Crippen LogP contribution in [0.5, 0.6) is 0 Å². The summed E-state index contributed by atoms with van der Waals surface area (Å²) in [5, 5.41) is 5.81. The molecule has 130 valence electrons. The van der Waals surface area contributed by atoms with E-state index in [1.54, 1.807) is 11.9 Å². The first-order valence-corrected chi connectivity index (χ1v) is 8.68. The molecule has 0 saturated carbocycles. The molecule has 6 heteroatoms. The van der Waals surface area contributed by atoms with E-state index in [2.05, 4.69) is 34.6 Å². The predicted molar refractivity (Wildman–Crippen MR) is 95.2 cm³/mol. The Morgan fingerprint density at radius 1 is 1.17 bits per heavy atom. The fourth-order valence-electron chi connectivity index (χ4n) is 3.41. The van der Waals surface area contributed by atoms with Crippen molar-refractivity contribution < 1.29 is 9.59 Å². The Labute approximate surface area is 143 Å². The summed E-state index contributed by atoms with van der Waals surface area (Å²) in [7, 11) is 1.77. The molecule has 6 nitrogen and oxygen atoms in total. The number of rotatable bonds is 3. The summed E-state index contributed by atoms with van der Waals surface area (Å²) in [6, 6.07) is 7.79. The van der Waals surface area contributed by atoms with Gasteiger partial charge in [-0.15, -0.1) is 0 Å². The number of hydrogen-bond donors (Lipinski definition) is 2. The van der Waals surface area contributed by atoms with Crippen LogP contribution in [0.1, 0.15) is 26.2 Å². The van der Waals surface area contributed by atoms with Crippen LogP contribution >= 0.6 is 0 Å². The molecule has 2 aliphatic heterocycles. The molecule has 1 aromatic carbocycles. The molecule has 0 bridgehead atoms. The maximum absolute atomic E-state index is 12.1. The number of nitrogens with zero attached hydrogens (tertiary/aromatic N) is 2. The van der Waals surface area contributed by atoms with Crippen LogP contribution in [-0.2, 0) is 4.79 Å². The second-order valence-corrected chi connectivity index (χ2v) is 7.00. The van der Waals surface area contributed by atoms with Crippen molar-refractivity contribution in [3.8, 4) is 0 Å². The Kier molecular flexibility index (Phi) is 4.92. The highest BCUT2D eigenvalue weighted by atomic mass is 16.2. The minimum Gasteiger partial charge on any atom is -0.371 e. The standard InChI is InChI=1S/C18H26N4O2/c1-13-9-10-22(11-13)16-6-3-14(4-7-16)19-18(24)20-15-5-8-17(23)21(2)12-15/h3-4,6-7,13,15H,5,8-12H2,1-2H3,(H2,19,20,24)/t13-,15-/m1/s1. The number of likely N-dealkylation sites (tertiary alicyclic amines) is 1. The van der Waals surface area contributed by atoms with Gasteiger partial charge in [0.15, 0.2) is 0 Å². The first-order valence-electron chi connectivity index (χ1n) is 8.68. The van der Waals surface area contributed by atoms with Crippen molar-refractivity contribution in [2.75, 3.05) is 36.9 Å². The van der Waals surface area contributed by atoms with E-state index >= 15 is 0 Å². The Bertz CT molecular complexity index is 602. The summed E-state index contributed by atoms with van der Waals surface area (Å²) >= 11 is 0. The lowest BCUT2D eigenvalue weighted by Gasteiger charge is -2.30. The number of anilines is 2. The molecule has 2 N–H and O–H groups in total. The molecule has 2 atom stereocenters. The zero-order valence-corrected chi connectivity index (χ0v) is 14.4. The van der Waals surface area contributed by atoms with Gasteiger partial charge in [0, 0.05) is 50.5 Å². The molecule has 0 aromatic heterocycles. The molecule has 24 heavy (non-hydrogen) atoms. The molecule has 0 unspecified atom stereocenters. The number of nitrogens with one attached hydrogen (secondary N) is 2. The van der Waals surface area contributed by atoms with Gasteiger partial charge in [-0.25, -0.2) is 4.79 Å². The number of piperidine rings is 1. The zero-order valence-electron chi connectivity index (χ0n) is 14.4. The molecule has 0 radical (unpaired) electrons. The second kappa shape index (κ2) is 7.11. The van der Waals surface area contributed by atoms with E-state index in [0.717, 1.165) is 24.7 Å². The highest BCUT2D eigenvalue weighted by molar-refractivity contribution is 5.90. The van der Waals surface area contributed by atoms with E-state index in [9.17, 15) is 9.59 Å². The van der Waals surface area contributed by atoms with Crippen molar-refractivity contribution in [3.05, 3.63) is 24.3 Å². The van der Waals surface area contributed by atoms with Gasteiger partial charge in [-0.05, 0) is 43.0 Å². The summed E-state index contributed by atoms with van der Waals surface area (Å²) < 4.78 is 0. The van der Waals surface area contributed by atoms with Gasteiger partial charge in [-0.2, -0.15) is 0 Å². The van der Waals surface area contributed by atoms with Crippen molar-refractivity contribution in [1.82, 2.24) is 10.2 Å². The minimum absolute atomic E-state index is 0.0121. The SMILES string of the molecule is C[C@@H]1CCN(c2ccc(NC(=O)N[C@@H]3CCC(=O)N(C)C3)cc2)C1. The topological polar surface area (TPSA) is 64.7 Å². The lowest BCUT2D eigenvalue weighted by Crippen LogP contribution is -2.49. The summed E-state index contributed by atoms with van der Waals surface area (Å²) in [5.74, 6) is 0.884.